The van der Waals surface area contributed by atoms with Crippen molar-refractivity contribution >= 4 is 103 Å². The molecule has 4 aliphatic rings. The standard InChI is InChI=1S/2C23H25ClN6O3S.CH4/c2*1-29-6-5-15-19(11-29)34-23(28-15)22(33)27-18-10-30(2)20(31)9-16(18)26-21(32)17-8-12-7-13(24)3-4-14(12)25-17;/h2*3-4,7-8,16,18,25H,5-6,9-11H2,1-2H3,(H,26,32)(H,27,33);1H4/t16-,18+;16-,18-;/m11./s1. The van der Waals surface area contributed by atoms with Crippen LogP contribution >= 0.6 is 45.9 Å². The Morgan fingerprint density at radius 3 is 1.39 bits per heavy atom. The van der Waals surface area contributed by atoms with E-state index >= 15 is 0 Å². The molecule has 0 bridgehead atoms. The minimum atomic E-state index is -0.545. The van der Waals surface area contributed by atoms with Gasteiger partial charge in [0.15, 0.2) is 10.0 Å². The van der Waals surface area contributed by atoms with Crippen molar-refractivity contribution in [3.63, 3.8) is 0 Å². The number of hydrogen-bond donors (Lipinski definition) is 6. The number of piperidine rings is 2. The van der Waals surface area contributed by atoms with Gasteiger partial charge in [-0.15, -0.1) is 22.7 Å². The Labute approximate surface area is 416 Å². The quantitative estimate of drug-likeness (QED) is 0.124. The average molecular weight is 1020 g/mol. The number of rotatable bonds is 8. The molecule has 2 saturated heterocycles. The van der Waals surface area contributed by atoms with Crippen LogP contribution in [0.1, 0.15) is 82.0 Å². The molecule has 8 heterocycles. The Kier molecular flexibility index (Phi) is 14.8. The van der Waals surface area contributed by atoms with E-state index < -0.39 is 24.2 Å². The van der Waals surface area contributed by atoms with Crippen molar-refractivity contribution in [2.24, 2.45) is 0 Å². The van der Waals surface area contributed by atoms with Gasteiger partial charge >= 0.3 is 0 Å². The molecule has 0 aliphatic carbocycles. The van der Waals surface area contributed by atoms with E-state index in [9.17, 15) is 28.8 Å². The minimum absolute atomic E-state index is 0. The highest BCUT2D eigenvalue weighted by Crippen LogP contribution is 2.27. The van der Waals surface area contributed by atoms with Crippen molar-refractivity contribution in [3.8, 4) is 0 Å². The van der Waals surface area contributed by atoms with Crippen LogP contribution in [0.15, 0.2) is 48.5 Å². The number of nitrogens with one attached hydrogen (secondary N) is 6. The highest BCUT2D eigenvalue weighted by molar-refractivity contribution is 7.14. The number of aromatic nitrogens is 4. The average Bonchev–Trinajstić information content (AvgIpc) is 4.11. The van der Waals surface area contributed by atoms with Crippen LogP contribution in [-0.2, 0) is 35.5 Å². The second-order valence-electron chi connectivity index (χ2n) is 17.9. The molecule has 0 radical (unpaired) electrons. The monoisotopic (exact) mass is 1020 g/mol. The number of likely N-dealkylation sites (tertiary alicyclic amines) is 2. The number of halogens is 2. The maximum Gasteiger partial charge on any atom is 0.280 e. The summed E-state index contributed by atoms with van der Waals surface area (Å²) in [7, 11) is 7.48. The lowest BCUT2D eigenvalue weighted by atomic mass is 9.98. The summed E-state index contributed by atoms with van der Waals surface area (Å²) in [6.45, 7) is 4.00. The third-order valence-corrected chi connectivity index (χ3v) is 15.3. The third kappa shape index (κ3) is 11.1. The predicted octanol–water partition coefficient (Wildman–Crippen LogP) is 4.69. The fourth-order valence-electron chi connectivity index (χ4n) is 8.86. The van der Waals surface area contributed by atoms with Crippen LogP contribution < -0.4 is 21.3 Å². The zero-order valence-corrected chi connectivity index (χ0v) is 40.8. The number of H-pyrrole nitrogens is 2. The molecule has 6 N–H and O–H groups in total. The molecule has 0 spiro atoms. The van der Waals surface area contributed by atoms with Gasteiger partial charge in [-0.25, -0.2) is 9.97 Å². The van der Waals surface area contributed by atoms with Gasteiger partial charge in [0, 0.05) is 121 Å². The highest BCUT2D eigenvalue weighted by atomic mass is 35.5. The van der Waals surface area contributed by atoms with Gasteiger partial charge in [-0.3, -0.25) is 28.8 Å². The Balaban J connectivity index is 0.000000183. The van der Waals surface area contributed by atoms with Gasteiger partial charge in [0.25, 0.3) is 23.6 Å². The zero-order chi connectivity index (χ0) is 48.0. The first-order chi connectivity index (χ1) is 32.5. The molecule has 10 rings (SSSR count). The van der Waals surface area contributed by atoms with Crippen molar-refractivity contribution < 1.29 is 28.8 Å². The largest absolute Gasteiger partial charge is 0.351 e. The molecule has 6 amide bonds. The van der Waals surface area contributed by atoms with Gasteiger partial charge in [-0.2, -0.15) is 0 Å². The highest BCUT2D eigenvalue weighted by Gasteiger charge is 2.37. The Bertz CT molecular complexity index is 2770. The number of thiazole rings is 2. The van der Waals surface area contributed by atoms with E-state index in [4.69, 9.17) is 23.2 Å². The summed E-state index contributed by atoms with van der Waals surface area (Å²) in [5, 5.41) is 15.5. The lowest BCUT2D eigenvalue weighted by molar-refractivity contribution is -0.134. The van der Waals surface area contributed by atoms with Crippen LogP contribution in [0.5, 0.6) is 0 Å². The number of fused-ring (bicyclic) bond motifs is 4. The molecule has 0 saturated carbocycles. The Hall–Kier alpha value is -5.90. The lowest BCUT2D eigenvalue weighted by Crippen LogP contribution is -2.61. The normalized spacial score (nSPS) is 20.6. The SMILES string of the molecule is C.CN1CCc2nc(C(=O)N[C@@H]3CN(C)C(=O)C[C@H]3NC(=O)c3cc4cc(Cl)ccc4[nH]3)sc2C1.CN1CCc2nc(C(=O)N[C@H]3CN(C)C(=O)C[C@H]3NC(=O)c3cc4cc(Cl)ccc4[nH]3)sc2C1. The fourth-order valence-corrected chi connectivity index (χ4v) is 11.4. The van der Waals surface area contributed by atoms with Crippen molar-refractivity contribution in [2.75, 3.05) is 54.4 Å². The maximum absolute atomic E-state index is 13.0. The molecular formula is C47H54Cl2N12O6S2. The topological polar surface area (TPSA) is 221 Å². The second kappa shape index (κ2) is 20.6. The second-order valence-corrected chi connectivity index (χ2v) is 20.9. The molecule has 69 heavy (non-hydrogen) atoms. The minimum Gasteiger partial charge on any atom is -0.351 e. The van der Waals surface area contributed by atoms with E-state index in [2.05, 4.69) is 51.0 Å². The number of carbonyl (C=O) groups is 6. The summed E-state index contributed by atoms with van der Waals surface area (Å²) in [6, 6.07) is 12.1. The van der Waals surface area contributed by atoms with E-state index in [1.807, 2.05) is 26.2 Å². The number of benzene rings is 2. The first-order valence-corrected chi connectivity index (χ1v) is 24.5. The molecule has 4 aromatic heterocycles. The Morgan fingerprint density at radius 2 is 0.986 bits per heavy atom. The number of hydrogen-bond acceptors (Lipinski definition) is 12. The van der Waals surface area contributed by atoms with Crippen molar-refractivity contribution in [1.82, 2.24) is 60.8 Å². The first-order valence-electron chi connectivity index (χ1n) is 22.2. The van der Waals surface area contributed by atoms with Crippen LogP contribution in [0, 0.1) is 0 Å². The van der Waals surface area contributed by atoms with Crippen LogP contribution in [0.3, 0.4) is 0 Å². The van der Waals surface area contributed by atoms with Crippen LogP contribution in [0.4, 0.5) is 0 Å². The Morgan fingerprint density at radius 1 is 0.594 bits per heavy atom. The molecule has 6 aromatic rings. The maximum atomic E-state index is 13.0. The first kappa shape index (κ1) is 49.5. The molecule has 2 fully saturated rings. The van der Waals surface area contributed by atoms with E-state index in [0.717, 1.165) is 82.0 Å². The molecular weight excluding hydrogens is 964 g/mol. The summed E-state index contributed by atoms with van der Waals surface area (Å²) in [6.07, 6.45) is 1.84. The van der Waals surface area contributed by atoms with E-state index in [1.54, 1.807) is 60.3 Å². The summed E-state index contributed by atoms with van der Waals surface area (Å²) < 4.78 is 0. The van der Waals surface area contributed by atoms with E-state index in [1.165, 1.54) is 22.7 Å². The molecule has 18 nitrogen and oxygen atoms in total. The van der Waals surface area contributed by atoms with Gasteiger partial charge in [0.1, 0.15) is 11.4 Å². The number of carbonyl (C=O) groups excluding carboxylic acids is 6. The van der Waals surface area contributed by atoms with Gasteiger partial charge in [0.2, 0.25) is 11.8 Å². The molecule has 2 aromatic carbocycles. The van der Waals surface area contributed by atoms with Crippen LogP contribution in [-0.4, -0.2) is 154 Å². The summed E-state index contributed by atoms with van der Waals surface area (Å²) in [5.74, 6) is -1.44. The van der Waals surface area contributed by atoms with Crippen molar-refractivity contribution in [2.45, 2.75) is 70.4 Å². The fraction of sp³-hybridized carbons (Fsp3) is 0.404. The number of aromatic amines is 2. The van der Waals surface area contributed by atoms with Crippen LogP contribution in [0.25, 0.3) is 21.8 Å². The lowest BCUT2D eigenvalue weighted by Gasteiger charge is -2.36. The smallest absolute Gasteiger partial charge is 0.280 e. The summed E-state index contributed by atoms with van der Waals surface area (Å²) in [4.78, 5) is 102. The zero-order valence-electron chi connectivity index (χ0n) is 37.7. The molecule has 22 heteroatoms. The molecule has 4 atom stereocenters. The number of nitrogens with zero attached hydrogens (tertiary/aromatic N) is 6. The number of amides is 6. The van der Waals surface area contributed by atoms with Gasteiger partial charge < -0.3 is 50.8 Å². The van der Waals surface area contributed by atoms with Crippen LogP contribution in [0.2, 0.25) is 10.0 Å². The summed E-state index contributed by atoms with van der Waals surface area (Å²) in [5.41, 5.74) is 4.27. The van der Waals surface area contributed by atoms with E-state index in [0.29, 0.717) is 44.5 Å². The van der Waals surface area contributed by atoms with E-state index in [-0.39, 0.29) is 55.7 Å². The van der Waals surface area contributed by atoms with Crippen molar-refractivity contribution in [1.29, 1.82) is 0 Å². The van der Waals surface area contributed by atoms with Gasteiger partial charge in [0.05, 0.1) is 35.6 Å². The van der Waals surface area contributed by atoms with Crippen molar-refractivity contribution in [3.05, 3.63) is 101 Å². The number of likely N-dealkylation sites (N-methyl/N-ethyl adjacent to an activating group) is 4. The van der Waals surface area contributed by atoms with Gasteiger partial charge in [-0.1, -0.05) is 30.6 Å². The third-order valence-electron chi connectivity index (χ3n) is 12.7. The van der Waals surface area contributed by atoms with Gasteiger partial charge in [-0.05, 0) is 62.6 Å². The molecule has 0 unspecified atom stereocenters. The molecule has 4 aliphatic heterocycles. The predicted molar refractivity (Wildman–Crippen MR) is 267 cm³/mol. The molecule has 364 valence electrons. The summed E-state index contributed by atoms with van der Waals surface area (Å²) >= 11 is 14.9.